The van der Waals surface area contributed by atoms with Crippen LogP contribution >= 0.6 is 0 Å². The van der Waals surface area contributed by atoms with Gasteiger partial charge in [-0.25, -0.2) is 0 Å². The average Bonchev–Trinajstić information content (AvgIpc) is 2.67. The Labute approximate surface area is 154 Å². The maximum Gasteiger partial charge on any atom is 0.254 e. The van der Waals surface area contributed by atoms with E-state index in [-0.39, 0.29) is 11.8 Å². The number of piperazine rings is 1. The lowest BCUT2D eigenvalue weighted by Crippen LogP contribution is -2.50. The quantitative estimate of drug-likeness (QED) is 0.854. The van der Waals surface area contributed by atoms with Crippen molar-refractivity contribution in [2.45, 2.75) is 6.92 Å². The summed E-state index contributed by atoms with van der Waals surface area (Å²) in [5.74, 6) is 0.0708. The van der Waals surface area contributed by atoms with E-state index in [0.29, 0.717) is 31.7 Å². The molecule has 0 spiro atoms. The number of rotatable bonds is 3. The molecule has 0 radical (unpaired) electrons. The van der Waals surface area contributed by atoms with E-state index in [1.165, 1.54) is 0 Å². The molecule has 5 heteroatoms. The lowest BCUT2D eigenvalue weighted by molar-refractivity contribution is 0.0535. The van der Waals surface area contributed by atoms with Crippen molar-refractivity contribution < 1.29 is 9.59 Å². The van der Waals surface area contributed by atoms with E-state index in [0.717, 1.165) is 16.8 Å². The van der Waals surface area contributed by atoms with E-state index in [1.807, 2.05) is 84.2 Å². The summed E-state index contributed by atoms with van der Waals surface area (Å²) in [6.07, 6.45) is 0. The highest BCUT2D eigenvalue weighted by molar-refractivity contribution is 5.97. The van der Waals surface area contributed by atoms with Crippen LogP contribution in [-0.4, -0.2) is 61.9 Å². The van der Waals surface area contributed by atoms with Crippen molar-refractivity contribution in [1.29, 1.82) is 0 Å². The molecule has 0 N–H and O–H groups in total. The molecule has 1 aliphatic heterocycles. The first-order valence-electron chi connectivity index (χ1n) is 8.89. The summed E-state index contributed by atoms with van der Waals surface area (Å²) in [4.78, 5) is 31.1. The maximum atomic E-state index is 12.8. The Balaban J connectivity index is 1.65. The van der Waals surface area contributed by atoms with E-state index >= 15 is 0 Å². The van der Waals surface area contributed by atoms with Gasteiger partial charge in [0.05, 0.1) is 0 Å². The summed E-state index contributed by atoms with van der Waals surface area (Å²) in [5.41, 5.74) is 3.42. The van der Waals surface area contributed by atoms with Gasteiger partial charge in [0.25, 0.3) is 11.8 Å². The van der Waals surface area contributed by atoms with E-state index < -0.39 is 0 Å². The van der Waals surface area contributed by atoms with Gasteiger partial charge in [-0.1, -0.05) is 24.3 Å². The van der Waals surface area contributed by atoms with E-state index in [9.17, 15) is 9.59 Å². The standard InChI is InChI=1S/C21H25N3O2/c1-16-7-4-5-10-19(16)21(26)24-13-11-23(12-14-24)20(25)17-8-6-9-18(15-17)22(2)3/h4-10,15H,11-14H2,1-3H3. The zero-order valence-electron chi connectivity index (χ0n) is 15.6. The second-order valence-electron chi connectivity index (χ2n) is 6.84. The fourth-order valence-electron chi connectivity index (χ4n) is 3.20. The number of aryl methyl sites for hydroxylation is 1. The lowest BCUT2D eigenvalue weighted by atomic mass is 10.1. The highest BCUT2D eigenvalue weighted by atomic mass is 16.2. The van der Waals surface area contributed by atoms with Crippen LogP contribution in [0.4, 0.5) is 5.69 Å². The summed E-state index contributed by atoms with van der Waals surface area (Å²) in [7, 11) is 3.92. The minimum atomic E-state index is 0.0247. The summed E-state index contributed by atoms with van der Waals surface area (Å²) < 4.78 is 0. The lowest BCUT2D eigenvalue weighted by Gasteiger charge is -2.35. The van der Waals surface area contributed by atoms with Gasteiger partial charge in [-0.2, -0.15) is 0 Å². The number of nitrogens with zero attached hydrogens (tertiary/aromatic N) is 3. The van der Waals surface area contributed by atoms with Crippen LogP contribution in [0, 0.1) is 6.92 Å². The van der Waals surface area contributed by atoms with Crippen molar-refractivity contribution in [3.63, 3.8) is 0 Å². The zero-order valence-corrected chi connectivity index (χ0v) is 15.6. The third-order valence-electron chi connectivity index (χ3n) is 4.84. The number of hydrogen-bond acceptors (Lipinski definition) is 3. The summed E-state index contributed by atoms with van der Waals surface area (Å²) in [5, 5.41) is 0. The minimum absolute atomic E-state index is 0.0247. The van der Waals surface area contributed by atoms with Gasteiger partial charge in [0.1, 0.15) is 0 Å². The van der Waals surface area contributed by atoms with Gasteiger partial charge >= 0.3 is 0 Å². The van der Waals surface area contributed by atoms with E-state index in [1.54, 1.807) is 0 Å². The number of benzene rings is 2. The molecule has 5 nitrogen and oxygen atoms in total. The van der Waals surface area contributed by atoms with Crippen molar-refractivity contribution in [3.8, 4) is 0 Å². The Hall–Kier alpha value is -2.82. The molecular formula is C21H25N3O2. The van der Waals surface area contributed by atoms with Gasteiger partial charge in [-0.15, -0.1) is 0 Å². The Morgan fingerprint density at radius 3 is 2.08 bits per heavy atom. The molecule has 136 valence electrons. The van der Waals surface area contributed by atoms with Crippen molar-refractivity contribution in [2.75, 3.05) is 45.2 Å². The number of amides is 2. The predicted octanol–water partition coefficient (Wildman–Crippen LogP) is 2.66. The molecule has 0 aliphatic carbocycles. The normalized spacial score (nSPS) is 14.3. The molecule has 2 aromatic carbocycles. The molecular weight excluding hydrogens is 326 g/mol. The molecule has 1 saturated heterocycles. The molecule has 0 saturated carbocycles. The van der Waals surface area contributed by atoms with Crippen LogP contribution in [0.5, 0.6) is 0 Å². The second-order valence-corrected chi connectivity index (χ2v) is 6.84. The highest BCUT2D eigenvalue weighted by Gasteiger charge is 2.26. The van der Waals surface area contributed by atoms with Crippen molar-refractivity contribution >= 4 is 17.5 Å². The van der Waals surface area contributed by atoms with Crippen molar-refractivity contribution in [2.24, 2.45) is 0 Å². The highest BCUT2D eigenvalue weighted by Crippen LogP contribution is 2.17. The molecule has 1 fully saturated rings. The Morgan fingerprint density at radius 2 is 1.46 bits per heavy atom. The number of carbonyl (C=O) groups excluding carboxylic acids is 2. The van der Waals surface area contributed by atoms with Crippen LogP contribution in [0.3, 0.4) is 0 Å². The van der Waals surface area contributed by atoms with Gasteiger partial charge in [-0.3, -0.25) is 9.59 Å². The van der Waals surface area contributed by atoms with E-state index in [4.69, 9.17) is 0 Å². The van der Waals surface area contributed by atoms with Crippen LogP contribution in [-0.2, 0) is 0 Å². The SMILES string of the molecule is Cc1ccccc1C(=O)N1CCN(C(=O)c2cccc(N(C)C)c2)CC1. The van der Waals surface area contributed by atoms with Gasteiger partial charge in [0, 0.05) is 57.1 Å². The van der Waals surface area contributed by atoms with Crippen LogP contribution in [0.2, 0.25) is 0 Å². The van der Waals surface area contributed by atoms with Crippen LogP contribution in [0.1, 0.15) is 26.3 Å². The molecule has 26 heavy (non-hydrogen) atoms. The molecule has 0 atom stereocenters. The van der Waals surface area contributed by atoms with Crippen molar-refractivity contribution in [3.05, 3.63) is 65.2 Å². The topological polar surface area (TPSA) is 43.9 Å². The zero-order chi connectivity index (χ0) is 18.7. The molecule has 3 rings (SSSR count). The molecule has 0 aromatic heterocycles. The van der Waals surface area contributed by atoms with Crippen LogP contribution in [0.25, 0.3) is 0 Å². The third kappa shape index (κ3) is 3.72. The second kappa shape index (κ2) is 7.60. The molecule has 0 bridgehead atoms. The van der Waals surface area contributed by atoms with E-state index in [2.05, 4.69) is 0 Å². The van der Waals surface area contributed by atoms with Gasteiger partial charge in [-0.05, 0) is 36.8 Å². The molecule has 1 aliphatic rings. The maximum absolute atomic E-state index is 12.8. The monoisotopic (exact) mass is 351 g/mol. The molecule has 0 unspecified atom stereocenters. The number of anilines is 1. The van der Waals surface area contributed by atoms with Gasteiger partial charge < -0.3 is 14.7 Å². The van der Waals surface area contributed by atoms with Gasteiger partial charge in [0.2, 0.25) is 0 Å². The Bertz CT molecular complexity index is 808. The van der Waals surface area contributed by atoms with Crippen LogP contribution in [0.15, 0.2) is 48.5 Å². The molecule has 1 heterocycles. The third-order valence-corrected chi connectivity index (χ3v) is 4.84. The van der Waals surface area contributed by atoms with Crippen LogP contribution < -0.4 is 4.90 Å². The Kier molecular flexibility index (Phi) is 5.26. The van der Waals surface area contributed by atoms with Crippen molar-refractivity contribution in [1.82, 2.24) is 9.80 Å². The molecule has 2 amide bonds. The minimum Gasteiger partial charge on any atom is -0.378 e. The summed E-state index contributed by atoms with van der Waals surface area (Å²) in [6, 6.07) is 15.3. The summed E-state index contributed by atoms with van der Waals surface area (Å²) in [6.45, 7) is 4.19. The Morgan fingerprint density at radius 1 is 0.846 bits per heavy atom. The first-order valence-corrected chi connectivity index (χ1v) is 8.89. The molecule has 2 aromatic rings. The first-order chi connectivity index (χ1) is 12.5. The smallest absolute Gasteiger partial charge is 0.254 e. The number of carbonyl (C=O) groups is 2. The predicted molar refractivity (Wildman–Crippen MR) is 104 cm³/mol. The fraction of sp³-hybridized carbons (Fsp3) is 0.333. The first kappa shape index (κ1) is 18.0. The summed E-state index contributed by atoms with van der Waals surface area (Å²) >= 11 is 0. The number of hydrogen-bond donors (Lipinski definition) is 0. The average molecular weight is 351 g/mol. The fourth-order valence-corrected chi connectivity index (χ4v) is 3.20. The largest absolute Gasteiger partial charge is 0.378 e. The van der Waals surface area contributed by atoms with Gasteiger partial charge in [0.15, 0.2) is 0 Å².